The molecule has 2 aromatic heterocycles. The second-order valence-corrected chi connectivity index (χ2v) is 10.0. The zero-order valence-electron chi connectivity index (χ0n) is 20.2. The van der Waals surface area contributed by atoms with Gasteiger partial charge in [-0.25, -0.2) is 23.7 Å². The maximum absolute atomic E-state index is 14.0. The Labute approximate surface area is 204 Å². The smallest absolute Gasteiger partial charge is 0.296 e. The second kappa shape index (κ2) is 10.1. The molecule has 1 aliphatic carbocycles. The SMILES string of the molecule is C[C@]1(O)CC[C@@H](CCCc2nc(N3CCOCC3)cc(-n3c(C(F)F)nc4ccccc43)n2)CC1. The third kappa shape index (κ3) is 5.46. The monoisotopic (exact) mass is 485 g/mol. The molecular formula is C26H33F2N5O2. The van der Waals surface area contributed by atoms with E-state index in [0.29, 0.717) is 61.3 Å². The number of aliphatic hydroxyl groups is 1. The van der Waals surface area contributed by atoms with Crippen LogP contribution in [0.3, 0.4) is 0 Å². The number of aryl methyl sites for hydroxylation is 1. The van der Waals surface area contributed by atoms with Gasteiger partial charge in [-0.1, -0.05) is 18.6 Å². The van der Waals surface area contributed by atoms with Gasteiger partial charge in [0.25, 0.3) is 6.43 Å². The Morgan fingerprint density at radius 2 is 1.80 bits per heavy atom. The van der Waals surface area contributed by atoms with Gasteiger partial charge >= 0.3 is 0 Å². The number of imidazole rings is 1. The number of aromatic nitrogens is 4. The molecule has 3 heterocycles. The number of fused-ring (bicyclic) bond motifs is 1. The molecule has 1 aliphatic heterocycles. The number of hydrogen-bond acceptors (Lipinski definition) is 6. The van der Waals surface area contributed by atoms with E-state index in [-0.39, 0.29) is 5.82 Å². The summed E-state index contributed by atoms with van der Waals surface area (Å²) in [6, 6.07) is 8.94. The largest absolute Gasteiger partial charge is 0.390 e. The molecule has 2 aliphatic rings. The van der Waals surface area contributed by atoms with Crippen molar-refractivity contribution in [3.05, 3.63) is 42.0 Å². The molecule has 0 radical (unpaired) electrons. The van der Waals surface area contributed by atoms with Crippen molar-refractivity contribution < 1.29 is 18.6 Å². The van der Waals surface area contributed by atoms with Crippen molar-refractivity contribution in [2.75, 3.05) is 31.2 Å². The molecule has 0 unspecified atom stereocenters. The van der Waals surface area contributed by atoms with Gasteiger partial charge in [0.05, 0.1) is 29.8 Å². The number of benzene rings is 1. The van der Waals surface area contributed by atoms with Gasteiger partial charge in [0.1, 0.15) is 17.5 Å². The topological polar surface area (TPSA) is 76.3 Å². The molecule has 0 amide bonds. The Hall–Kier alpha value is -2.65. The first-order valence-corrected chi connectivity index (χ1v) is 12.6. The van der Waals surface area contributed by atoms with Gasteiger partial charge in [-0.2, -0.15) is 0 Å². The van der Waals surface area contributed by atoms with E-state index in [1.807, 2.05) is 13.0 Å². The van der Waals surface area contributed by atoms with Gasteiger partial charge in [0, 0.05) is 25.6 Å². The molecule has 9 heteroatoms. The highest BCUT2D eigenvalue weighted by Crippen LogP contribution is 2.34. The van der Waals surface area contributed by atoms with Crippen LogP contribution in [0.1, 0.15) is 63.5 Å². The Kier molecular flexibility index (Phi) is 6.98. The normalized spacial score (nSPS) is 23.3. The Bertz CT molecular complexity index is 1150. The molecule has 2 fully saturated rings. The van der Waals surface area contributed by atoms with Crippen LogP contribution in [0.15, 0.2) is 30.3 Å². The van der Waals surface area contributed by atoms with Crippen LogP contribution in [-0.2, 0) is 11.2 Å². The summed E-state index contributed by atoms with van der Waals surface area (Å²) in [5, 5.41) is 10.2. The first-order valence-electron chi connectivity index (χ1n) is 12.6. The van der Waals surface area contributed by atoms with E-state index in [1.165, 1.54) is 4.57 Å². The quantitative estimate of drug-likeness (QED) is 0.515. The van der Waals surface area contributed by atoms with E-state index < -0.39 is 12.0 Å². The molecule has 0 atom stereocenters. The first kappa shape index (κ1) is 24.1. The lowest BCUT2D eigenvalue weighted by atomic mass is 9.78. The number of alkyl halides is 2. The molecule has 0 bridgehead atoms. The van der Waals surface area contributed by atoms with Gasteiger partial charge in [0.2, 0.25) is 0 Å². The van der Waals surface area contributed by atoms with Crippen molar-refractivity contribution in [1.82, 2.24) is 19.5 Å². The molecule has 7 nitrogen and oxygen atoms in total. The predicted octanol–water partition coefficient (Wildman–Crippen LogP) is 4.85. The van der Waals surface area contributed by atoms with Gasteiger partial charge in [-0.15, -0.1) is 0 Å². The lowest BCUT2D eigenvalue weighted by Crippen LogP contribution is -2.37. The summed E-state index contributed by atoms with van der Waals surface area (Å²) < 4.78 is 35.0. The third-order valence-corrected chi connectivity index (χ3v) is 7.29. The van der Waals surface area contributed by atoms with E-state index in [4.69, 9.17) is 14.7 Å². The van der Waals surface area contributed by atoms with Crippen LogP contribution >= 0.6 is 0 Å². The van der Waals surface area contributed by atoms with Crippen LogP contribution in [-0.4, -0.2) is 56.5 Å². The minimum Gasteiger partial charge on any atom is -0.390 e. The number of morpholine rings is 1. The fourth-order valence-electron chi connectivity index (χ4n) is 5.22. The zero-order chi connectivity index (χ0) is 24.4. The summed E-state index contributed by atoms with van der Waals surface area (Å²) in [5.41, 5.74) is 0.593. The Morgan fingerprint density at radius 3 is 2.54 bits per heavy atom. The average Bonchev–Trinajstić information content (AvgIpc) is 3.26. The number of ether oxygens (including phenoxy) is 1. The van der Waals surface area contributed by atoms with Crippen LogP contribution < -0.4 is 4.90 Å². The Balaban J connectivity index is 1.44. The van der Waals surface area contributed by atoms with Crippen LogP contribution in [0.25, 0.3) is 16.9 Å². The average molecular weight is 486 g/mol. The summed E-state index contributed by atoms with van der Waals surface area (Å²) >= 11 is 0. The highest BCUT2D eigenvalue weighted by molar-refractivity contribution is 5.78. The lowest BCUT2D eigenvalue weighted by molar-refractivity contribution is 0.00672. The molecule has 3 aromatic rings. The molecule has 35 heavy (non-hydrogen) atoms. The fraction of sp³-hybridized carbons (Fsp3) is 0.577. The first-order chi connectivity index (χ1) is 16.9. The van der Waals surface area contributed by atoms with Crippen LogP contribution in [0, 0.1) is 5.92 Å². The minimum absolute atomic E-state index is 0.307. The number of nitrogens with zero attached hydrogens (tertiary/aromatic N) is 5. The van der Waals surface area contributed by atoms with E-state index in [0.717, 1.165) is 44.3 Å². The minimum atomic E-state index is -2.73. The predicted molar refractivity (Wildman–Crippen MR) is 130 cm³/mol. The molecule has 1 aromatic carbocycles. The standard InChI is InChI=1S/C26H33F2N5O2/c1-26(34)11-9-18(10-12-26)5-4-8-21-30-22(32-13-15-35-16-14-32)17-23(31-21)33-20-7-3-2-6-19(20)29-25(33)24(27)28/h2-3,6-7,17-18,24,34H,4-5,8-16H2,1H3/t18-,26+. The summed E-state index contributed by atoms with van der Waals surface area (Å²) in [6.45, 7) is 4.53. The van der Waals surface area contributed by atoms with Crippen molar-refractivity contribution in [3.8, 4) is 5.82 Å². The third-order valence-electron chi connectivity index (χ3n) is 7.29. The van der Waals surface area contributed by atoms with Crippen LogP contribution in [0.2, 0.25) is 0 Å². The number of hydrogen-bond donors (Lipinski definition) is 1. The van der Waals surface area contributed by atoms with Gasteiger partial charge in [-0.3, -0.25) is 4.57 Å². The number of halogens is 2. The van der Waals surface area contributed by atoms with Crippen molar-refractivity contribution in [3.63, 3.8) is 0 Å². The zero-order valence-corrected chi connectivity index (χ0v) is 20.2. The van der Waals surface area contributed by atoms with Crippen molar-refractivity contribution in [2.24, 2.45) is 5.92 Å². The van der Waals surface area contributed by atoms with Crippen LogP contribution in [0.5, 0.6) is 0 Å². The van der Waals surface area contributed by atoms with Crippen molar-refractivity contribution in [2.45, 2.75) is 63.9 Å². The van der Waals surface area contributed by atoms with Crippen LogP contribution in [0.4, 0.5) is 14.6 Å². The van der Waals surface area contributed by atoms with Gasteiger partial charge < -0.3 is 14.7 Å². The molecular weight excluding hydrogens is 452 g/mol. The highest BCUT2D eigenvalue weighted by Gasteiger charge is 2.28. The van der Waals surface area contributed by atoms with E-state index in [9.17, 15) is 13.9 Å². The maximum atomic E-state index is 14.0. The van der Waals surface area contributed by atoms with Gasteiger partial charge in [0.15, 0.2) is 5.82 Å². The summed E-state index contributed by atoms with van der Waals surface area (Å²) in [5.74, 6) is 2.11. The molecule has 1 N–H and O–H groups in total. The lowest BCUT2D eigenvalue weighted by Gasteiger charge is -2.33. The highest BCUT2D eigenvalue weighted by atomic mass is 19.3. The summed E-state index contributed by atoms with van der Waals surface area (Å²) in [7, 11) is 0. The maximum Gasteiger partial charge on any atom is 0.296 e. The molecule has 1 saturated carbocycles. The summed E-state index contributed by atoms with van der Waals surface area (Å²) in [4.78, 5) is 15.9. The van der Waals surface area contributed by atoms with E-state index in [2.05, 4.69) is 9.88 Å². The summed E-state index contributed by atoms with van der Waals surface area (Å²) in [6.07, 6.45) is 3.67. The number of anilines is 1. The number of para-hydroxylation sites is 2. The fourth-order valence-corrected chi connectivity index (χ4v) is 5.22. The Morgan fingerprint density at radius 1 is 1.09 bits per heavy atom. The molecule has 0 spiro atoms. The van der Waals surface area contributed by atoms with E-state index in [1.54, 1.807) is 24.3 Å². The van der Waals surface area contributed by atoms with Crippen molar-refractivity contribution >= 4 is 16.9 Å². The number of rotatable bonds is 7. The molecule has 5 rings (SSSR count). The van der Waals surface area contributed by atoms with Crippen molar-refractivity contribution in [1.29, 1.82) is 0 Å². The van der Waals surface area contributed by atoms with Gasteiger partial charge in [-0.05, 0) is 57.1 Å². The molecule has 1 saturated heterocycles. The second-order valence-electron chi connectivity index (χ2n) is 10.0. The van der Waals surface area contributed by atoms with E-state index >= 15 is 0 Å². The molecule has 188 valence electrons.